The van der Waals surface area contributed by atoms with E-state index in [2.05, 4.69) is 12.2 Å². The van der Waals surface area contributed by atoms with Gasteiger partial charge in [0, 0.05) is 23.6 Å². The molecule has 0 bridgehead atoms. The Bertz CT molecular complexity index is 567. The Labute approximate surface area is 126 Å². The molecular weight excluding hydrogens is 295 g/mol. The highest BCUT2D eigenvalue weighted by molar-refractivity contribution is 8.00. The van der Waals surface area contributed by atoms with Crippen LogP contribution in [0.25, 0.3) is 0 Å². The van der Waals surface area contributed by atoms with Gasteiger partial charge in [-0.05, 0) is 25.1 Å². The molecule has 1 saturated heterocycles. The maximum Gasteiger partial charge on any atom is 0.335 e. The Morgan fingerprint density at radius 2 is 2.14 bits per heavy atom. The second-order valence-corrected chi connectivity index (χ2v) is 6.42. The van der Waals surface area contributed by atoms with Crippen molar-refractivity contribution in [1.82, 2.24) is 4.90 Å². The third-order valence-corrected chi connectivity index (χ3v) is 4.94. The summed E-state index contributed by atoms with van der Waals surface area (Å²) in [6, 6.07) is 3.13. The summed E-state index contributed by atoms with van der Waals surface area (Å²) >= 11 is 1.80. The maximum absolute atomic E-state index is 13.8. The van der Waals surface area contributed by atoms with Crippen molar-refractivity contribution in [3.63, 3.8) is 0 Å². The van der Waals surface area contributed by atoms with Crippen LogP contribution in [0.15, 0.2) is 18.2 Å². The summed E-state index contributed by atoms with van der Waals surface area (Å²) in [5.41, 5.74) is -0.162. The number of anilines is 1. The van der Waals surface area contributed by atoms with Crippen molar-refractivity contribution in [3.05, 3.63) is 29.6 Å². The van der Waals surface area contributed by atoms with Gasteiger partial charge in [0.25, 0.3) is 0 Å². The molecule has 0 aliphatic carbocycles. The average molecular weight is 312 g/mol. The standard InChI is InChI=1S/C14H17FN2O3S/c1-8-9(2)21-6-5-17(8)14(20)16-12-4-3-10(13(18)19)7-11(12)15/h3-4,7-9H,5-6H2,1-2H3,(H,16,20)(H,18,19). The minimum atomic E-state index is -1.21. The molecule has 7 heteroatoms. The number of amides is 2. The number of urea groups is 1. The lowest BCUT2D eigenvalue weighted by molar-refractivity contribution is 0.0696. The molecular formula is C14H17FN2O3S. The number of benzene rings is 1. The summed E-state index contributed by atoms with van der Waals surface area (Å²) in [6.07, 6.45) is 0. The lowest BCUT2D eigenvalue weighted by Crippen LogP contribution is -2.49. The summed E-state index contributed by atoms with van der Waals surface area (Å²) in [7, 11) is 0. The van der Waals surface area contributed by atoms with Crippen molar-refractivity contribution >= 4 is 29.4 Å². The van der Waals surface area contributed by atoms with E-state index in [1.165, 1.54) is 12.1 Å². The molecule has 2 unspecified atom stereocenters. The van der Waals surface area contributed by atoms with Crippen LogP contribution in [-0.2, 0) is 0 Å². The Kier molecular flexibility index (Phi) is 4.72. The van der Waals surface area contributed by atoms with Crippen molar-refractivity contribution in [2.75, 3.05) is 17.6 Å². The third kappa shape index (κ3) is 3.47. The van der Waals surface area contributed by atoms with Gasteiger partial charge in [-0.15, -0.1) is 0 Å². The summed E-state index contributed by atoms with van der Waals surface area (Å²) < 4.78 is 13.8. The van der Waals surface area contributed by atoms with Crippen LogP contribution in [0.1, 0.15) is 24.2 Å². The number of thioether (sulfide) groups is 1. The zero-order chi connectivity index (χ0) is 15.6. The zero-order valence-electron chi connectivity index (χ0n) is 11.8. The number of carboxylic acids is 1. The van der Waals surface area contributed by atoms with Crippen molar-refractivity contribution < 1.29 is 19.1 Å². The van der Waals surface area contributed by atoms with E-state index in [0.29, 0.717) is 11.8 Å². The van der Waals surface area contributed by atoms with Crippen molar-refractivity contribution in [2.45, 2.75) is 25.1 Å². The van der Waals surface area contributed by atoms with E-state index in [1.54, 1.807) is 16.7 Å². The van der Waals surface area contributed by atoms with E-state index in [4.69, 9.17) is 5.11 Å². The molecule has 1 aliphatic rings. The lowest BCUT2D eigenvalue weighted by atomic mass is 10.2. The van der Waals surface area contributed by atoms with Gasteiger partial charge in [0.05, 0.1) is 11.3 Å². The van der Waals surface area contributed by atoms with Gasteiger partial charge in [-0.1, -0.05) is 6.92 Å². The zero-order valence-corrected chi connectivity index (χ0v) is 12.6. The summed E-state index contributed by atoms with van der Waals surface area (Å²) in [6.45, 7) is 4.62. The van der Waals surface area contributed by atoms with Gasteiger partial charge in [0.1, 0.15) is 5.82 Å². The van der Waals surface area contributed by atoms with Crippen LogP contribution in [0.3, 0.4) is 0 Å². The quantitative estimate of drug-likeness (QED) is 0.881. The smallest absolute Gasteiger partial charge is 0.335 e. The Hall–Kier alpha value is -1.76. The first-order valence-electron chi connectivity index (χ1n) is 6.62. The number of rotatable bonds is 2. The number of hydrogen-bond donors (Lipinski definition) is 2. The van der Waals surface area contributed by atoms with Crippen LogP contribution in [0.5, 0.6) is 0 Å². The Morgan fingerprint density at radius 3 is 2.76 bits per heavy atom. The monoisotopic (exact) mass is 312 g/mol. The third-order valence-electron chi connectivity index (χ3n) is 3.60. The molecule has 2 atom stereocenters. The number of carbonyl (C=O) groups excluding carboxylic acids is 1. The fourth-order valence-electron chi connectivity index (χ4n) is 2.16. The summed E-state index contributed by atoms with van der Waals surface area (Å²) in [5.74, 6) is -1.11. The molecule has 1 fully saturated rings. The van der Waals surface area contributed by atoms with Crippen LogP contribution < -0.4 is 5.32 Å². The molecule has 1 aromatic carbocycles. The van der Waals surface area contributed by atoms with Crippen molar-refractivity contribution in [3.8, 4) is 0 Å². The Morgan fingerprint density at radius 1 is 1.43 bits per heavy atom. The van der Waals surface area contributed by atoms with Gasteiger partial charge in [-0.25, -0.2) is 14.0 Å². The molecule has 0 saturated carbocycles. The number of halogens is 1. The van der Waals surface area contributed by atoms with Crippen LogP contribution in [0, 0.1) is 5.82 Å². The van der Waals surface area contributed by atoms with Crippen LogP contribution in [-0.4, -0.2) is 45.6 Å². The first kappa shape index (κ1) is 15.6. The number of nitrogens with zero attached hydrogens (tertiary/aromatic N) is 1. The van der Waals surface area contributed by atoms with Gasteiger partial charge < -0.3 is 15.3 Å². The summed E-state index contributed by atoms with van der Waals surface area (Å²) in [4.78, 5) is 24.6. The lowest BCUT2D eigenvalue weighted by Gasteiger charge is -2.37. The van der Waals surface area contributed by atoms with E-state index in [9.17, 15) is 14.0 Å². The van der Waals surface area contributed by atoms with Crippen molar-refractivity contribution in [2.24, 2.45) is 0 Å². The van der Waals surface area contributed by atoms with E-state index in [1.807, 2.05) is 6.92 Å². The molecule has 1 aromatic rings. The first-order valence-corrected chi connectivity index (χ1v) is 7.67. The fourth-order valence-corrected chi connectivity index (χ4v) is 3.26. The van der Waals surface area contributed by atoms with E-state index in [0.717, 1.165) is 11.8 Å². The number of carbonyl (C=O) groups is 2. The molecule has 114 valence electrons. The maximum atomic E-state index is 13.8. The van der Waals surface area contributed by atoms with E-state index < -0.39 is 11.8 Å². The Balaban J connectivity index is 2.10. The minimum Gasteiger partial charge on any atom is -0.478 e. The average Bonchev–Trinajstić information content (AvgIpc) is 2.43. The predicted molar refractivity (Wildman–Crippen MR) is 80.5 cm³/mol. The number of aromatic carboxylic acids is 1. The molecule has 2 rings (SSSR count). The second kappa shape index (κ2) is 6.34. The van der Waals surface area contributed by atoms with Crippen LogP contribution in [0.2, 0.25) is 0 Å². The van der Waals surface area contributed by atoms with Gasteiger partial charge in [0.15, 0.2) is 0 Å². The van der Waals surface area contributed by atoms with Gasteiger partial charge in [0.2, 0.25) is 0 Å². The highest BCUT2D eigenvalue weighted by atomic mass is 32.2. The fraction of sp³-hybridized carbons (Fsp3) is 0.429. The minimum absolute atomic E-state index is 0.0110. The molecule has 1 aliphatic heterocycles. The van der Waals surface area contributed by atoms with Crippen LogP contribution in [0.4, 0.5) is 14.9 Å². The van der Waals surface area contributed by atoms with Gasteiger partial charge in [-0.2, -0.15) is 11.8 Å². The molecule has 2 amide bonds. The van der Waals surface area contributed by atoms with Gasteiger partial charge >= 0.3 is 12.0 Å². The molecule has 2 N–H and O–H groups in total. The number of nitrogens with one attached hydrogen (secondary N) is 1. The van der Waals surface area contributed by atoms with Crippen LogP contribution >= 0.6 is 11.8 Å². The second-order valence-electron chi connectivity index (χ2n) is 4.94. The molecule has 0 aromatic heterocycles. The first-order chi connectivity index (χ1) is 9.90. The highest BCUT2D eigenvalue weighted by Crippen LogP contribution is 2.25. The molecule has 0 spiro atoms. The number of carboxylic acid groups (broad SMARTS) is 1. The van der Waals surface area contributed by atoms with E-state index >= 15 is 0 Å². The predicted octanol–water partition coefficient (Wildman–Crippen LogP) is 2.88. The summed E-state index contributed by atoms with van der Waals surface area (Å²) in [5, 5.41) is 11.6. The van der Waals surface area contributed by atoms with Crippen molar-refractivity contribution in [1.29, 1.82) is 0 Å². The normalized spacial score (nSPS) is 22.0. The largest absolute Gasteiger partial charge is 0.478 e. The molecule has 21 heavy (non-hydrogen) atoms. The van der Waals surface area contributed by atoms with E-state index in [-0.39, 0.29) is 23.3 Å². The molecule has 0 radical (unpaired) electrons. The number of hydrogen-bond acceptors (Lipinski definition) is 3. The molecule has 1 heterocycles. The van der Waals surface area contributed by atoms with Gasteiger partial charge in [-0.3, -0.25) is 0 Å². The SMILES string of the molecule is CC1SCCN(C(=O)Nc2ccc(C(=O)O)cc2F)C1C. The highest BCUT2D eigenvalue weighted by Gasteiger charge is 2.29. The molecule has 5 nitrogen and oxygen atoms in total. The topological polar surface area (TPSA) is 69.6 Å².